The highest BCUT2D eigenvalue weighted by atomic mass is 19.1. The molecule has 3 heteroatoms. The molecule has 2 aromatic rings. The van der Waals surface area contributed by atoms with Gasteiger partial charge in [-0.15, -0.1) is 0 Å². The zero-order chi connectivity index (χ0) is 14.0. The molecule has 1 N–H and O–H groups in total. The van der Waals surface area contributed by atoms with Crippen molar-refractivity contribution < 1.29 is 9.50 Å². The summed E-state index contributed by atoms with van der Waals surface area (Å²) in [4.78, 5) is 2.07. The predicted molar refractivity (Wildman–Crippen MR) is 77.2 cm³/mol. The summed E-state index contributed by atoms with van der Waals surface area (Å²) in [5.74, 6) is 0. The van der Waals surface area contributed by atoms with Crippen LogP contribution in [0.1, 0.15) is 17.2 Å². The van der Waals surface area contributed by atoms with Crippen LogP contribution in [0.15, 0.2) is 60.7 Å². The number of benzene rings is 2. The monoisotopic (exact) mass is 271 g/mol. The van der Waals surface area contributed by atoms with E-state index in [0.717, 1.165) is 11.1 Å². The quantitative estimate of drug-likeness (QED) is 0.924. The lowest BCUT2D eigenvalue weighted by atomic mass is 9.89. The fraction of sp³-hybridized carbons (Fsp3) is 0.294. The van der Waals surface area contributed by atoms with E-state index >= 15 is 0 Å². The van der Waals surface area contributed by atoms with Crippen LogP contribution in [0.25, 0.3) is 0 Å². The highest BCUT2D eigenvalue weighted by Crippen LogP contribution is 2.37. The first-order chi connectivity index (χ1) is 9.72. The first kappa shape index (κ1) is 13.3. The average Bonchev–Trinajstić information content (AvgIpc) is 2.48. The normalized spacial score (nSPS) is 17.9. The van der Waals surface area contributed by atoms with Crippen molar-refractivity contribution >= 4 is 0 Å². The molecule has 0 aliphatic carbocycles. The molecule has 0 atom stereocenters. The van der Waals surface area contributed by atoms with Crippen molar-refractivity contribution in [2.75, 3.05) is 19.7 Å². The predicted octanol–water partition coefficient (Wildman–Crippen LogP) is 2.79. The SMILES string of the molecule is OCC1(F)CN(C(c2ccccc2)c2ccccc2)C1. The van der Waals surface area contributed by atoms with E-state index in [0.29, 0.717) is 0 Å². The number of rotatable bonds is 4. The molecule has 0 unspecified atom stereocenters. The van der Waals surface area contributed by atoms with E-state index < -0.39 is 12.3 Å². The number of aliphatic hydroxyl groups is 1. The number of likely N-dealkylation sites (tertiary alicyclic amines) is 1. The molecule has 1 heterocycles. The summed E-state index contributed by atoms with van der Waals surface area (Å²) in [7, 11) is 0. The summed E-state index contributed by atoms with van der Waals surface area (Å²) in [5, 5.41) is 9.08. The van der Waals surface area contributed by atoms with Crippen LogP contribution >= 0.6 is 0 Å². The molecule has 1 fully saturated rings. The molecule has 0 aromatic heterocycles. The molecule has 2 aromatic carbocycles. The minimum Gasteiger partial charge on any atom is -0.393 e. The zero-order valence-corrected chi connectivity index (χ0v) is 11.2. The Kier molecular flexibility index (Phi) is 3.55. The van der Waals surface area contributed by atoms with Crippen molar-refractivity contribution in [1.82, 2.24) is 4.90 Å². The number of hydrogen-bond donors (Lipinski definition) is 1. The second kappa shape index (κ2) is 5.35. The van der Waals surface area contributed by atoms with Crippen molar-refractivity contribution in [3.05, 3.63) is 71.8 Å². The number of hydrogen-bond acceptors (Lipinski definition) is 2. The van der Waals surface area contributed by atoms with Crippen LogP contribution in [0.5, 0.6) is 0 Å². The molecule has 3 rings (SSSR count). The number of aliphatic hydroxyl groups excluding tert-OH is 1. The van der Waals surface area contributed by atoms with Gasteiger partial charge in [-0.1, -0.05) is 60.7 Å². The molecule has 1 saturated heterocycles. The van der Waals surface area contributed by atoms with Gasteiger partial charge in [-0.3, -0.25) is 4.90 Å². The third kappa shape index (κ3) is 2.47. The van der Waals surface area contributed by atoms with Crippen LogP contribution in [0.2, 0.25) is 0 Å². The third-order valence-corrected chi connectivity index (χ3v) is 3.85. The Bertz CT molecular complexity index is 512. The highest BCUT2D eigenvalue weighted by Gasteiger charge is 2.46. The first-order valence-corrected chi connectivity index (χ1v) is 6.86. The maximum atomic E-state index is 14.0. The van der Waals surface area contributed by atoms with E-state index in [1.807, 2.05) is 36.4 Å². The Morgan fingerprint density at radius 1 is 0.950 bits per heavy atom. The Morgan fingerprint density at radius 2 is 1.40 bits per heavy atom. The minimum absolute atomic E-state index is 0.0489. The summed E-state index contributed by atoms with van der Waals surface area (Å²) in [6.07, 6.45) is 0. The van der Waals surface area contributed by atoms with Crippen molar-refractivity contribution in [2.24, 2.45) is 0 Å². The van der Waals surface area contributed by atoms with Gasteiger partial charge in [-0.2, -0.15) is 0 Å². The van der Waals surface area contributed by atoms with E-state index in [1.165, 1.54) is 0 Å². The molecule has 1 aliphatic rings. The van der Waals surface area contributed by atoms with Gasteiger partial charge < -0.3 is 5.11 Å². The Morgan fingerprint density at radius 3 is 1.80 bits per heavy atom. The molecule has 0 amide bonds. The van der Waals surface area contributed by atoms with Crippen LogP contribution in [-0.4, -0.2) is 35.4 Å². The lowest BCUT2D eigenvalue weighted by Gasteiger charge is -2.47. The lowest BCUT2D eigenvalue weighted by molar-refractivity contribution is -0.0803. The Balaban J connectivity index is 1.90. The molecule has 2 nitrogen and oxygen atoms in total. The van der Waals surface area contributed by atoms with Crippen LogP contribution in [0.3, 0.4) is 0 Å². The van der Waals surface area contributed by atoms with Crippen molar-refractivity contribution in [3.63, 3.8) is 0 Å². The topological polar surface area (TPSA) is 23.5 Å². The molecular formula is C17H18FNO. The van der Waals surface area contributed by atoms with Crippen LogP contribution < -0.4 is 0 Å². The van der Waals surface area contributed by atoms with Gasteiger partial charge in [0.2, 0.25) is 0 Å². The van der Waals surface area contributed by atoms with Crippen molar-refractivity contribution in [1.29, 1.82) is 0 Å². The number of nitrogens with zero attached hydrogens (tertiary/aromatic N) is 1. The van der Waals surface area contributed by atoms with Gasteiger partial charge in [-0.25, -0.2) is 4.39 Å². The van der Waals surface area contributed by atoms with Crippen molar-refractivity contribution in [2.45, 2.75) is 11.7 Å². The summed E-state index contributed by atoms with van der Waals surface area (Å²) >= 11 is 0. The summed E-state index contributed by atoms with van der Waals surface area (Å²) < 4.78 is 14.0. The highest BCUT2D eigenvalue weighted by molar-refractivity contribution is 5.32. The van der Waals surface area contributed by atoms with Gasteiger partial charge in [0, 0.05) is 13.1 Å². The van der Waals surface area contributed by atoms with Gasteiger partial charge in [-0.05, 0) is 11.1 Å². The molecule has 0 bridgehead atoms. The molecule has 20 heavy (non-hydrogen) atoms. The summed E-state index contributed by atoms with van der Waals surface area (Å²) in [6.45, 7) is 0.149. The molecule has 0 saturated carbocycles. The molecule has 0 radical (unpaired) electrons. The standard InChI is InChI=1S/C17H18FNO/c18-17(13-20)11-19(12-17)16(14-7-3-1-4-8-14)15-9-5-2-6-10-15/h1-10,16,20H,11-13H2. The molecule has 0 spiro atoms. The van der Waals surface area contributed by atoms with Crippen molar-refractivity contribution in [3.8, 4) is 0 Å². The summed E-state index contributed by atoms with van der Waals surface area (Å²) in [5.41, 5.74) is 0.860. The minimum atomic E-state index is -1.44. The lowest BCUT2D eigenvalue weighted by Crippen LogP contribution is -2.61. The van der Waals surface area contributed by atoms with E-state index in [-0.39, 0.29) is 19.1 Å². The Hall–Kier alpha value is -1.71. The third-order valence-electron chi connectivity index (χ3n) is 3.85. The van der Waals surface area contributed by atoms with E-state index in [1.54, 1.807) is 0 Å². The van der Waals surface area contributed by atoms with Crippen LogP contribution in [-0.2, 0) is 0 Å². The van der Waals surface area contributed by atoms with Gasteiger partial charge >= 0.3 is 0 Å². The molecule has 104 valence electrons. The molecule has 1 aliphatic heterocycles. The van der Waals surface area contributed by atoms with E-state index in [9.17, 15) is 4.39 Å². The smallest absolute Gasteiger partial charge is 0.159 e. The second-order valence-corrected chi connectivity index (χ2v) is 5.44. The summed E-state index contributed by atoms with van der Waals surface area (Å²) in [6, 6.07) is 20.3. The second-order valence-electron chi connectivity index (χ2n) is 5.44. The van der Waals surface area contributed by atoms with E-state index in [2.05, 4.69) is 29.2 Å². The first-order valence-electron chi connectivity index (χ1n) is 6.86. The van der Waals surface area contributed by atoms with Gasteiger partial charge in [0.25, 0.3) is 0 Å². The number of alkyl halides is 1. The number of halogens is 1. The van der Waals surface area contributed by atoms with Gasteiger partial charge in [0.1, 0.15) is 0 Å². The van der Waals surface area contributed by atoms with Gasteiger partial charge in [0.05, 0.1) is 12.6 Å². The largest absolute Gasteiger partial charge is 0.393 e. The van der Waals surface area contributed by atoms with Gasteiger partial charge in [0.15, 0.2) is 5.67 Å². The average molecular weight is 271 g/mol. The van der Waals surface area contributed by atoms with Crippen LogP contribution in [0, 0.1) is 0 Å². The fourth-order valence-corrected chi connectivity index (χ4v) is 2.85. The van der Waals surface area contributed by atoms with Crippen LogP contribution in [0.4, 0.5) is 4.39 Å². The molecular weight excluding hydrogens is 253 g/mol. The van der Waals surface area contributed by atoms with E-state index in [4.69, 9.17) is 5.11 Å². The Labute approximate surface area is 118 Å². The zero-order valence-electron chi connectivity index (χ0n) is 11.2. The fourth-order valence-electron chi connectivity index (χ4n) is 2.85. The maximum absolute atomic E-state index is 14.0. The maximum Gasteiger partial charge on any atom is 0.159 e.